The van der Waals surface area contributed by atoms with Crippen LogP contribution in [0.25, 0.3) is 16.9 Å². The second-order valence-electron chi connectivity index (χ2n) is 6.56. The Morgan fingerprint density at radius 2 is 1.84 bits per heavy atom. The number of nitrogens with zero attached hydrogens (tertiary/aromatic N) is 4. The van der Waals surface area contributed by atoms with E-state index in [1.54, 1.807) is 6.07 Å². The lowest BCUT2D eigenvalue weighted by Crippen LogP contribution is -2.29. The average molecular weight is 442 g/mol. The van der Waals surface area contributed by atoms with Crippen molar-refractivity contribution in [2.75, 3.05) is 5.43 Å². The van der Waals surface area contributed by atoms with Crippen molar-refractivity contribution in [2.24, 2.45) is 0 Å². The zero-order valence-corrected chi connectivity index (χ0v) is 16.0. The minimum atomic E-state index is -4.74. The molecule has 0 aliphatic heterocycles. The Morgan fingerprint density at radius 1 is 1.09 bits per heavy atom. The number of hydrogen-bond acceptors (Lipinski definition) is 6. The molecular weight excluding hydrogens is 429 g/mol. The van der Waals surface area contributed by atoms with Gasteiger partial charge in [-0.15, -0.1) is 0 Å². The van der Waals surface area contributed by atoms with Crippen molar-refractivity contribution in [3.63, 3.8) is 0 Å². The van der Waals surface area contributed by atoms with Gasteiger partial charge in [0.05, 0.1) is 22.4 Å². The molecule has 4 aromatic rings. The summed E-state index contributed by atoms with van der Waals surface area (Å²) in [6.07, 6.45) is -1.97. The highest BCUT2D eigenvalue weighted by Gasteiger charge is 2.33. The number of halogens is 3. The molecule has 2 heterocycles. The minimum Gasteiger partial charge on any atom is -0.292 e. The molecular formula is C20H13F3N6O3. The van der Waals surface area contributed by atoms with Crippen molar-refractivity contribution in [2.45, 2.75) is 6.18 Å². The Bertz CT molecular complexity index is 1320. The van der Waals surface area contributed by atoms with Gasteiger partial charge in [-0.05, 0) is 18.2 Å². The van der Waals surface area contributed by atoms with Crippen molar-refractivity contribution in [1.29, 1.82) is 0 Å². The predicted molar refractivity (Wildman–Crippen MR) is 108 cm³/mol. The number of benzene rings is 2. The average Bonchev–Trinajstić information content (AvgIpc) is 3.21. The molecule has 0 spiro atoms. The molecule has 0 saturated carbocycles. The second kappa shape index (κ2) is 7.98. The van der Waals surface area contributed by atoms with Gasteiger partial charge in [0, 0.05) is 17.8 Å². The van der Waals surface area contributed by atoms with Gasteiger partial charge in [-0.3, -0.25) is 25.8 Å². The highest BCUT2D eigenvalue weighted by Crippen LogP contribution is 2.34. The Labute approximate surface area is 177 Å². The Morgan fingerprint density at radius 3 is 2.53 bits per heavy atom. The summed E-state index contributed by atoms with van der Waals surface area (Å²) in [5.41, 5.74) is 4.01. The van der Waals surface area contributed by atoms with Crippen LogP contribution >= 0.6 is 0 Å². The lowest BCUT2D eigenvalue weighted by Gasteiger charge is -2.11. The van der Waals surface area contributed by atoms with Crippen LogP contribution in [-0.4, -0.2) is 25.4 Å². The molecule has 162 valence electrons. The first-order chi connectivity index (χ1) is 15.3. The van der Waals surface area contributed by atoms with Crippen molar-refractivity contribution >= 4 is 22.9 Å². The van der Waals surface area contributed by atoms with Gasteiger partial charge in [-0.2, -0.15) is 18.3 Å². The molecule has 0 aliphatic carbocycles. The number of hydrazine groups is 1. The van der Waals surface area contributed by atoms with Crippen molar-refractivity contribution in [3.8, 4) is 11.3 Å². The molecule has 9 nitrogen and oxygen atoms in total. The molecule has 0 saturated heterocycles. The van der Waals surface area contributed by atoms with Gasteiger partial charge in [-0.1, -0.05) is 30.3 Å². The predicted octanol–water partition coefficient (Wildman–Crippen LogP) is 4.08. The maximum atomic E-state index is 12.8. The fourth-order valence-electron chi connectivity index (χ4n) is 3.04. The summed E-state index contributed by atoms with van der Waals surface area (Å²) in [5.74, 6) is -0.730. The van der Waals surface area contributed by atoms with Gasteiger partial charge in [0.25, 0.3) is 11.6 Å². The van der Waals surface area contributed by atoms with E-state index in [1.807, 2.05) is 30.3 Å². The summed E-state index contributed by atoms with van der Waals surface area (Å²) in [6, 6.07) is 12.9. The molecule has 2 aromatic heterocycles. The number of fused-ring (bicyclic) bond motifs is 1. The molecule has 4 rings (SSSR count). The highest BCUT2D eigenvalue weighted by molar-refractivity contribution is 6.00. The number of nitrogens with one attached hydrogen (secondary N) is 2. The third-order valence-corrected chi connectivity index (χ3v) is 4.55. The van der Waals surface area contributed by atoms with Gasteiger partial charge in [0.2, 0.25) is 0 Å². The Kier molecular flexibility index (Phi) is 5.18. The maximum absolute atomic E-state index is 12.8. The quantitative estimate of drug-likeness (QED) is 0.356. The molecule has 0 fully saturated rings. The summed E-state index contributed by atoms with van der Waals surface area (Å²) in [4.78, 5) is 27.0. The fraction of sp³-hybridized carbons (Fsp3) is 0.0500. The van der Waals surface area contributed by atoms with E-state index in [1.165, 1.54) is 16.9 Å². The van der Waals surface area contributed by atoms with Crippen LogP contribution in [0.1, 0.15) is 15.9 Å². The van der Waals surface area contributed by atoms with E-state index in [2.05, 4.69) is 20.9 Å². The zero-order chi connectivity index (χ0) is 22.9. The molecule has 0 bridgehead atoms. The number of aromatic nitrogens is 3. The number of nitro groups is 1. The lowest BCUT2D eigenvalue weighted by atomic mass is 10.1. The molecule has 2 aromatic carbocycles. The first-order valence-corrected chi connectivity index (χ1v) is 9.06. The van der Waals surface area contributed by atoms with Crippen LogP contribution in [0.2, 0.25) is 0 Å². The number of hydrogen-bond donors (Lipinski definition) is 2. The van der Waals surface area contributed by atoms with Crippen LogP contribution in [0.4, 0.5) is 24.5 Å². The maximum Gasteiger partial charge on any atom is 0.416 e. The number of rotatable bonds is 5. The number of nitro benzene ring substituents is 1. The van der Waals surface area contributed by atoms with E-state index < -0.39 is 28.3 Å². The third-order valence-electron chi connectivity index (χ3n) is 4.55. The molecule has 2 N–H and O–H groups in total. The first kappa shape index (κ1) is 20.8. The number of anilines is 1. The summed E-state index contributed by atoms with van der Waals surface area (Å²) >= 11 is 0. The number of carbonyl (C=O) groups excluding carboxylic acids is 1. The van der Waals surface area contributed by atoms with Crippen LogP contribution < -0.4 is 10.9 Å². The second-order valence-corrected chi connectivity index (χ2v) is 6.56. The van der Waals surface area contributed by atoms with Crippen molar-refractivity contribution in [3.05, 3.63) is 88.2 Å². The fourth-order valence-corrected chi connectivity index (χ4v) is 3.04. The highest BCUT2D eigenvalue weighted by atomic mass is 19.4. The molecule has 0 unspecified atom stereocenters. The lowest BCUT2D eigenvalue weighted by molar-refractivity contribution is -0.384. The van der Waals surface area contributed by atoms with Gasteiger partial charge in [0.1, 0.15) is 11.3 Å². The van der Waals surface area contributed by atoms with E-state index in [-0.39, 0.29) is 16.9 Å². The van der Waals surface area contributed by atoms with E-state index in [0.717, 1.165) is 11.6 Å². The van der Waals surface area contributed by atoms with E-state index in [0.29, 0.717) is 17.8 Å². The summed E-state index contributed by atoms with van der Waals surface area (Å²) in [7, 11) is 0. The SMILES string of the molecule is O=C(NNc1ccc(C(F)(F)F)cc1[N+](=O)[O-])c1cnn2c(-c3ccccc3)ccnc12. The van der Waals surface area contributed by atoms with Gasteiger partial charge >= 0.3 is 6.18 Å². The van der Waals surface area contributed by atoms with Gasteiger partial charge in [0.15, 0.2) is 5.65 Å². The van der Waals surface area contributed by atoms with E-state index in [9.17, 15) is 28.1 Å². The monoisotopic (exact) mass is 442 g/mol. The topological polar surface area (TPSA) is 114 Å². The summed E-state index contributed by atoms with van der Waals surface area (Å²) in [6.45, 7) is 0. The largest absolute Gasteiger partial charge is 0.416 e. The number of carbonyl (C=O) groups is 1. The van der Waals surface area contributed by atoms with Gasteiger partial charge in [-0.25, -0.2) is 9.50 Å². The Hall–Kier alpha value is -4.48. The van der Waals surface area contributed by atoms with Gasteiger partial charge < -0.3 is 0 Å². The van der Waals surface area contributed by atoms with Crippen LogP contribution in [0, 0.1) is 10.1 Å². The summed E-state index contributed by atoms with van der Waals surface area (Å²) < 4.78 is 40.0. The zero-order valence-electron chi connectivity index (χ0n) is 16.0. The first-order valence-electron chi connectivity index (χ1n) is 9.06. The Balaban J connectivity index is 1.60. The standard InChI is InChI=1S/C20H13F3N6O3/c21-20(22,23)13-6-7-15(17(10-13)29(31)32)26-27-19(30)14-11-25-28-16(8-9-24-18(14)28)12-4-2-1-3-5-12/h1-11,26H,(H,27,30). The molecule has 0 atom stereocenters. The smallest absolute Gasteiger partial charge is 0.292 e. The van der Waals surface area contributed by atoms with E-state index in [4.69, 9.17) is 0 Å². The minimum absolute atomic E-state index is 0.0600. The van der Waals surface area contributed by atoms with Crippen molar-refractivity contribution < 1.29 is 22.9 Å². The molecule has 32 heavy (non-hydrogen) atoms. The molecule has 0 aliphatic rings. The molecule has 1 amide bonds. The third kappa shape index (κ3) is 3.93. The normalized spacial score (nSPS) is 11.3. The van der Waals surface area contributed by atoms with Crippen molar-refractivity contribution in [1.82, 2.24) is 20.0 Å². The van der Waals surface area contributed by atoms with Crippen LogP contribution in [0.3, 0.4) is 0 Å². The van der Waals surface area contributed by atoms with Crippen LogP contribution in [-0.2, 0) is 6.18 Å². The van der Waals surface area contributed by atoms with Crippen LogP contribution in [0.15, 0.2) is 67.0 Å². The molecule has 0 radical (unpaired) electrons. The number of amides is 1. The van der Waals surface area contributed by atoms with Crippen LogP contribution in [0.5, 0.6) is 0 Å². The number of alkyl halides is 3. The molecule has 12 heteroatoms. The van der Waals surface area contributed by atoms with E-state index >= 15 is 0 Å². The summed E-state index contributed by atoms with van der Waals surface area (Å²) in [5, 5.41) is 15.4.